The van der Waals surface area contributed by atoms with E-state index < -0.39 is 41.7 Å². The monoisotopic (exact) mass is 263 g/mol. The Bertz CT molecular complexity index is 480. The second kappa shape index (κ2) is 4.56. The third-order valence-corrected chi connectivity index (χ3v) is 2.73. The molecule has 1 atom stereocenters. The smallest absolute Gasteiger partial charge is 0.267 e. The average Bonchev–Trinajstić information content (AvgIpc) is 2.32. The van der Waals surface area contributed by atoms with Gasteiger partial charge >= 0.3 is 0 Å². The van der Waals surface area contributed by atoms with E-state index in [-0.39, 0.29) is 6.61 Å². The summed E-state index contributed by atoms with van der Waals surface area (Å²) < 4.78 is 57.7. The lowest BCUT2D eigenvalue weighted by molar-refractivity contribution is -0.144. The Hall–Kier alpha value is -1.63. The molecule has 1 N–H and O–H groups in total. The van der Waals surface area contributed by atoms with Gasteiger partial charge in [-0.3, -0.25) is 4.79 Å². The molecule has 1 amide bonds. The fourth-order valence-electron chi connectivity index (χ4n) is 1.85. The Morgan fingerprint density at radius 3 is 2.67 bits per heavy atom. The number of amides is 1. The Balaban J connectivity index is 2.53. The minimum absolute atomic E-state index is 0.384. The van der Waals surface area contributed by atoms with Gasteiger partial charge in [-0.2, -0.15) is 0 Å². The summed E-state index contributed by atoms with van der Waals surface area (Å²) in [6.45, 7) is -0.998. The third-order valence-electron chi connectivity index (χ3n) is 2.73. The van der Waals surface area contributed by atoms with Gasteiger partial charge in [0.1, 0.15) is 6.61 Å². The minimum atomic E-state index is -3.13. The first kappa shape index (κ1) is 12.8. The molecular formula is C11H9F4NO2. The van der Waals surface area contributed by atoms with Crippen molar-refractivity contribution in [2.75, 3.05) is 13.2 Å². The van der Waals surface area contributed by atoms with Crippen LogP contribution >= 0.6 is 0 Å². The number of hydrogen-bond donors (Lipinski definition) is 1. The summed E-state index contributed by atoms with van der Waals surface area (Å²) in [5.41, 5.74) is -2.97. The van der Waals surface area contributed by atoms with Crippen molar-refractivity contribution in [1.29, 1.82) is 0 Å². The third kappa shape index (κ3) is 1.94. The normalized spacial score (nSPS) is 24.2. The molecule has 0 bridgehead atoms. The van der Waals surface area contributed by atoms with Crippen LogP contribution in [0, 0.1) is 11.6 Å². The fourth-order valence-corrected chi connectivity index (χ4v) is 1.85. The van der Waals surface area contributed by atoms with Crippen LogP contribution in [0.4, 0.5) is 17.6 Å². The van der Waals surface area contributed by atoms with E-state index in [1.54, 1.807) is 0 Å². The zero-order valence-electron chi connectivity index (χ0n) is 9.05. The molecular weight excluding hydrogens is 254 g/mol. The van der Waals surface area contributed by atoms with E-state index in [0.29, 0.717) is 0 Å². The number of morpholine rings is 1. The highest BCUT2D eigenvalue weighted by molar-refractivity contribution is 5.79. The molecule has 0 saturated carbocycles. The van der Waals surface area contributed by atoms with Crippen LogP contribution in [0.5, 0.6) is 0 Å². The Labute approximate surface area is 99.7 Å². The molecule has 1 aliphatic rings. The summed E-state index contributed by atoms with van der Waals surface area (Å²) >= 11 is 0. The molecule has 1 unspecified atom stereocenters. The number of halogens is 4. The number of nitrogens with one attached hydrogen (secondary N) is 1. The second-order valence-corrected chi connectivity index (χ2v) is 3.91. The van der Waals surface area contributed by atoms with Crippen LogP contribution in [0.25, 0.3) is 0 Å². The van der Waals surface area contributed by atoms with Crippen LogP contribution in [-0.4, -0.2) is 25.5 Å². The summed E-state index contributed by atoms with van der Waals surface area (Å²) in [5, 5.41) is 1.99. The van der Waals surface area contributed by atoms with Crippen molar-refractivity contribution >= 4 is 5.91 Å². The molecule has 1 aromatic carbocycles. The quantitative estimate of drug-likeness (QED) is 0.822. The molecule has 1 aromatic rings. The van der Waals surface area contributed by atoms with E-state index in [9.17, 15) is 22.4 Å². The van der Waals surface area contributed by atoms with Gasteiger partial charge < -0.3 is 10.1 Å². The van der Waals surface area contributed by atoms with Crippen molar-refractivity contribution in [3.8, 4) is 0 Å². The minimum Gasteiger partial charge on any atom is -0.369 e. The summed E-state index contributed by atoms with van der Waals surface area (Å²) in [6.07, 6.45) is -3.13. The zero-order chi connectivity index (χ0) is 13.3. The van der Waals surface area contributed by atoms with Crippen molar-refractivity contribution in [3.05, 3.63) is 35.4 Å². The van der Waals surface area contributed by atoms with Crippen molar-refractivity contribution in [2.45, 2.75) is 12.0 Å². The second-order valence-electron chi connectivity index (χ2n) is 3.91. The van der Waals surface area contributed by atoms with Gasteiger partial charge in [-0.15, -0.1) is 0 Å². The molecule has 2 rings (SSSR count). The van der Waals surface area contributed by atoms with Crippen LogP contribution in [0.3, 0.4) is 0 Å². The summed E-state index contributed by atoms with van der Waals surface area (Å²) in [5.74, 6) is -3.47. The van der Waals surface area contributed by atoms with Gasteiger partial charge in [-0.1, -0.05) is 12.1 Å². The highest BCUT2D eigenvalue weighted by Gasteiger charge is 2.48. The number of hydrogen-bond acceptors (Lipinski definition) is 2. The first-order chi connectivity index (χ1) is 8.47. The molecule has 0 radical (unpaired) electrons. The van der Waals surface area contributed by atoms with E-state index in [1.165, 1.54) is 0 Å². The molecule has 1 saturated heterocycles. The summed E-state index contributed by atoms with van der Waals surface area (Å²) in [6, 6.07) is 2.90. The SMILES string of the molecule is O=C1COCC(c2cccc(F)c2F)(C(F)F)N1. The average molecular weight is 263 g/mol. The van der Waals surface area contributed by atoms with Gasteiger partial charge in [0.2, 0.25) is 5.91 Å². The molecule has 7 heteroatoms. The fraction of sp³-hybridized carbons (Fsp3) is 0.364. The molecule has 1 heterocycles. The van der Waals surface area contributed by atoms with Gasteiger partial charge in [0.15, 0.2) is 17.2 Å². The number of alkyl halides is 2. The van der Waals surface area contributed by atoms with Gasteiger partial charge in [-0.25, -0.2) is 17.6 Å². The van der Waals surface area contributed by atoms with E-state index in [2.05, 4.69) is 0 Å². The maximum absolute atomic E-state index is 13.6. The molecule has 0 spiro atoms. The van der Waals surface area contributed by atoms with E-state index >= 15 is 0 Å². The molecule has 1 fully saturated rings. The van der Waals surface area contributed by atoms with E-state index in [0.717, 1.165) is 18.2 Å². The van der Waals surface area contributed by atoms with Crippen LogP contribution in [-0.2, 0) is 15.1 Å². The van der Waals surface area contributed by atoms with Crippen LogP contribution < -0.4 is 5.32 Å². The first-order valence-corrected chi connectivity index (χ1v) is 5.09. The standard InChI is InChI=1S/C11H9F4NO2/c12-7-3-1-2-6(9(7)13)11(10(14)15)5-18-4-8(17)16-11/h1-3,10H,4-5H2,(H,16,17). The number of ether oxygens (including phenoxy) is 1. The highest BCUT2D eigenvalue weighted by Crippen LogP contribution is 2.33. The number of carbonyl (C=O) groups excluding carboxylic acids is 1. The summed E-state index contributed by atoms with van der Waals surface area (Å²) in [4.78, 5) is 11.2. The Kier molecular flexibility index (Phi) is 3.25. The molecule has 0 aliphatic carbocycles. The van der Waals surface area contributed by atoms with Crippen molar-refractivity contribution in [1.82, 2.24) is 5.32 Å². The van der Waals surface area contributed by atoms with Gasteiger partial charge in [-0.05, 0) is 6.07 Å². The number of rotatable bonds is 2. The molecule has 0 aromatic heterocycles. The predicted octanol–water partition coefficient (Wildman–Crippen LogP) is 1.57. The molecule has 1 aliphatic heterocycles. The molecule has 3 nitrogen and oxygen atoms in total. The van der Waals surface area contributed by atoms with Gasteiger partial charge in [0, 0.05) is 5.56 Å². The van der Waals surface area contributed by atoms with Crippen LogP contribution in [0.15, 0.2) is 18.2 Å². The topological polar surface area (TPSA) is 38.3 Å². The first-order valence-electron chi connectivity index (χ1n) is 5.09. The Morgan fingerprint density at radius 1 is 1.33 bits per heavy atom. The van der Waals surface area contributed by atoms with Crippen molar-refractivity contribution in [2.24, 2.45) is 0 Å². The molecule has 98 valence electrons. The lowest BCUT2D eigenvalue weighted by Gasteiger charge is -2.37. The van der Waals surface area contributed by atoms with E-state index in [4.69, 9.17) is 4.74 Å². The van der Waals surface area contributed by atoms with Crippen LogP contribution in [0.1, 0.15) is 5.56 Å². The van der Waals surface area contributed by atoms with Crippen molar-refractivity contribution in [3.63, 3.8) is 0 Å². The lowest BCUT2D eigenvalue weighted by atomic mass is 9.89. The highest BCUT2D eigenvalue weighted by atomic mass is 19.3. The maximum atomic E-state index is 13.6. The number of carbonyl (C=O) groups is 1. The van der Waals surface area contributed by atoms with Gasteiger partial charge in [0.05, 0.1) is 6.61 Å². The van der Waals surface area contributed by atoms with E-state index in [1.807, 2.05) is 5.32 Å². The zero-order valence-corrected chi connectivity index (χ0v) is 9.05. The lowest BCUT2D eigenvalue weighted by Crippen LogP contribution is -2.59. The Morgan fingerprint density at radius 2 is 2.06 bits per heavy atom. The van der Waals surface area contributed by atoms with Crippen molar-refractivity contribution < 1.29 is 27.1 Å². The maximum Gasteiger partial charge on any atom is 0.267 e. The van der Waals surface area contributed by atoms with Crippen LogP contribution in [0.2, 0.25) is 0 Å². The largest absolute Gasteiger partial charge is 0.369 e. The van der Waals surface area contributed by atoms with Gasteiger partial charge in [0.25, 0.3) is 6.43 Å². The number of benzene rings is 1. The predicted molar refractivity (Wildman–Crippen MR) is 53.0 cm³/mol. The molecule has 18 heavy (non-hydrogen) atoms. The summed E-state index contributed by atoms with van der Waals surface area (Å²) in [7, 11) is 0.